The maximum absolute atomic E-state index is 12.5. The van der Waals surface area contributed by atoms with Gasteiger partial charge in [-0.15, -0.1) is 4.91 Å². The van der Waals surface area contributed by atoms with Crippen LogP contribution < -0.4 is 0 Å². The molecule has 1 rings (SSSR count). The van der Waals surface area contributed by atoms with Crippen molar-refractivity contribution in [1.82, 2.24) is 0 Å². The third kappa shape index (κ3) is 1.59. The summed E-state index contributed by atoms with van der Waals surface area (Å²) in [5, 5.41) is 11.0. The molecule has 4 heteroatoms. The van der Waals surface area contributed by atoms with Gasteiger partial charge in [0.2, 0.25) is 0 Å². The van der Waals surface area contributed by atoms with E-state index < -0.39 is 5.82 Å². The first-order valence-corrected chi connectivity index (χ1v) is 3.00. The lowest BCUT2D eigenvalue weighted by Crippen LogP contribution is -1.83. The first-order chi connectivity index (χ1) is 5.27. The van der Waals surface area contributed by atoms with E-state index >= 15 is 0 Å². The van der Waals surface area contributed by atoms with E-state index in [0.717, 1.165) is 6.07 Å². The van der Waals surface area contributed by atoms with Crippen LogP contribution in [0.4, 0.5) is 10.1 Å². The zero-order valence-electron chi connectivity index (χ0n) is 5.62. The van der Waals surface area contributed by atoms with Crippen molar-refractivity contribution in [3.05, 3.63) is 34.5 Å². The van der Waals surface area contributed by atoms with Crippen molar-refractivity contribution in [3.8, 4) is 0 Å². The molecule has 0 unspecified atom stereocenters. The van der Waals surface area contributed by atoms with Crippen LogP contribution in [0.5, 0.6) is 0 Å². The molecule has 0 saturated heterocycles. The largest absolute Gasteiger partial charge is 0.392 e. The fraction of sp³-hybridized carbons (Fsp3) is 0.143. The van der Waals surface area contributed by atoms with Gasteiger partial charge in [-0.1, -0.05) is 6.07 Å². The highest BCUT2D eigenvalue weighted by Crippen LogP contribution is 2.18. The van der Waals surface area contributed by atoms with Crippen LogP contribution in [0.25, 0.3) is 0 Å². The first-order valence-electron chi connectivity index (χ1n) is 3.00. The number of nitrogens with zero attached hydrogens (tertiary/aromatic N) is 1. The number of nitroso groups, excluding NO2 is 1. The molecule has 0 saturated carbocycles. The number of halogens is 1. The van der Waals surface area contributed by atoms with Crippen LogP contribution in [0.1, 0.15) is 5.56 Å². The molecule has 0 amide bonds. The number of hydrogen-bond donors (Lipinski definition) is 1. The van der Waals surface area contributed by atoms with Crippen LogP contribution in [0.15, 0.2) is 23.4 Å². The van der Waals surface area contributed by atoms with E-state index in [1.165, 1.54) is 12.1 Å². The molecule has 0 aliphatic carbocycles. The third-order valence-corrected chi connectivity index (χ3v) is 1.29. The second kappa shape index (κ2) is 3.21. The molecule has 1 N–H and O–H groups in total. The minimum atomic E-state index is -0.669. The number of benzene rings is 1. The Kier molecular flexibility index (Phi) is 2.28. The molecule has 0 aromatic heterocycles. The molecule has 0 atom stereocenters. The van der Waals surface area contributed by atoms with Gasteiger partial charge in [-0.05, 0) is 22.9 Å². The molecule has 0 aliphatic heterocycles. The van der Waals surface area contributed by atoms with E-state index in [-0.39, 0.29) is 12.3 Å². The molecule has 1 aromatic carbocycles. The standard InChI is InChI=1S/C7H6FNO2/c8-6-2-1-5(4-10)3-7(6)9-11/h1-3,10H,4H2. The Labute approximate surface area is 62.5 Å². The molecule has 0 heterocycles. The lowest BCUT2D eigenvalue weighted by atomic mass is 10.2. The average molecular weight is 155 g/mol. The van der Waals surface area contributed by atoms with E-state index in [4.69, 9.17) is 5.11 Å². The van der Waals surface area contributed by atoms with Gasteiger partial charge < -0.3 is 5.11 Å². The normalized spacial score (nSPS) is 9.64. The molecule has 0 fully saturated rings. The van der Waals surface area contributed by atoms with Crippen LogP contribution in [-0.4, -0.2) is 5.11 Å². The van der Waals surface area contributed by atoms with Crippen LogP contribution in [-0.2, 0) is 6.61 Å². The summed E-state index contributed by atoms with van der Waals surface area (Å²) >= 11 is 0. The van der Waals surface area contributed by atoms with Gasteiger partial charge >= 0.3 is 0 Å². The first kappa shape index (κ1) is 7.81. The van der Waals surface area contributed by atoms with Crippen molar-refractivity contribution in [1.29, 1.82) is 0 Å². The quantitative estimate of drug-likeness (QED) is 0.661. The Balaban J connectivity index is 3.12. The van der Waals surface area contributed by atoms with Crippen molar-refractivity contribution in [3.63, 3.8) is 0 Å². The second-order valence-electron chi connectivity index (χ2n) is 2.04. The van der Waals surface area contributed by atoms with E-state index in [2.05, 4.69) is 5.18 Å². The zero-order chi connectivity index (χ0) is 8.27. The van der Waals surface area contributed by atoms with Crippen molar-refractivity contribution < 1.29 is 9.50 Å². The van der Waals surface area contributed by atoms with Gasteiger partial charge in [0.15, 0.2) is 5.82 Å². The van der Waals surface area contributed by atoms with Crippen LogP contribution in [0, 0.1) is 10.7 Å². The van der Waals surface area contributed by atoms with Crippen molar-refractivity contribution >= 4 is 5.69 Å². The van der Waals surface area contributed by atoms with Gasteiger partial charge in [0, 0.05) is 0 Å². The molecule has 11 heavy (non-hydrogen) atoms. The molecular weight excluding hydrogens is 149 g/mol. The monoisotopic (exact) mass is 155 g/mol. The second-order valence-corrected chi connectivity index (χ2v) is 2.04. The van der Waals surface area contributed by atoms with E-state index in [9.17, 15) is 9.30 Å². The number of rotatable bonds is 2. The summed E-state index contributed by atoms with van der Waals surface area (Å²) in [5.41, 5.74) is 0.206. The zero-order valence-corrected chi connectivity index (χ0v) is 5.62. The van der Waals surface area contributed by atoms with Gasteiger partial charge in [0.05, 0.1) is 6.61 Å². The SMILES string of the molecule is O=Nc1cc(CO)ccc1F. The van der Waals surface area contributed by atoms with E-state index in [1.807, 2.05) is 0 Å². The maximum Gasteiger partial charge on any atom is 0.152 e. The molecule has 0 spiro atoms. The number of aliphatic hydroxyl groups excluding tert-OH is 1. The van der Waals surface area contributed by atoms with Gasteiger partial charge in [-0.2, -0.15) is 0 Å². The molecule has 0 bridgehead atoms. The Bertz CT molecular complexity index is 275. The number of hydrogen-bond acceptors (Lipinski definition) is 3. The molecule has 58 valence electrons. The topological polar surface area (TPSA) is 49.7 Å². The Morgan fingerprint density at radius 2 is 2.27 bits per heavy atom. The fourth-order valence-electron chi connectivity index (χ4n) is 0.727. The fourth-order valence-corrected chi connectivity index (χ4v) is 0.727. The summed E-state index contributed by atoms with van der Waals surface area (Å²) < 4.78 is 12.5. The smallest absolute Gasteiger partial charge is 0.152 e. The highest BCUT2D eigenvalue weighted by atomic mass is 19.1. The van der Waals surface area contributed by atoms with E-state index in [1.54, 1.807) is 0 Å². The van der Waals surface area contributed by atoms with Gasteiger partial charge in [0.25, 0.3) is 0 Å². The Morgan fingerprint density at radius 3 is 2.82 bits per heavy atom. The van der Waals surface area contributed by atoms with Crippen molar-refractivity contribution in [2.45, 2.75) is 6.61 Å². The molecule has 3 nitrogen and oxygen atoms in total. The summed E-state index contributed by atoms with van der Waals surface area (Å²) in [4.78, 5) is 9.92. The van der Waals surface area contributed by atoms with E-state index in [0.29, 0.717) is 5.56 Å². The average Bonchev–Trinajstić information content (AvgIpc) is 2.05. The molecule has 0 aliphatic rings. The minimum Gasteiger partial charge on any atom is -0.392 e. The summed E-state index contributed by atoms with van der Waals surface area (Å²) in [7, 11) is 0. The highest BCUT2D eigenvalue weighted by molar-refractivity contribution is 5.41. The summed E-state index contributed by atoms with van der Waals surface area (Å²) in [6, 6.07) is 3.70. The van der Waals surface area contributed by atoms with Crippen molar-refractivity contribution in [2.24, 2.45) is 5.18 Å². The Morgan fingerprint density at radius 1 is 1.55 bits per heavy atom. The molecular formula is C7H6FNO2. The third-order valence-electron chi connectivity index (χ3n) is 1.29. The van der Waals surface area contributed by atoms with Gasteiger partial charge in [-0.3, -0.25) is 0 Å². The molecule has 0 radical (unpaired) electrons. The van der Waals surface area contributed by atoms with Crippen molar-refractivity contribution in [2.75, 3.05) is 0 Å². The lowest BCUT2D eigenvalue weighted by molar-refractivity contribution is 0.282. The summed E-state index contributed by atoms with van der Waals surface area (Å²) in [6.45, 7) is -0.219. The highest BCUT2D eigenvalue weighted by Gasteiger charge is 2.01. The van der Waals surface area contributed by atoms with Gasteiger partial charge in [-0.25, -0.2) is 4.39 Å². The van der Waals surface area contributed by atoms with Crippen LogP contribution >= 0.6 is 0 Å². The van der Waals surface area contributed by atoms with Crippen LogP contribution in [0.3, 0.4) is 0 Å². The van der Waals surface area contributed by atoms with Gasteiger partial charge in [0.1, 0.15) is 5.69 Å². The predicted molar refractivity (Wildman–Crippen MR) is 37.8 cm³/mol. The van der Waals surface area contributed by atoms with Crippen LogP contribution in [0.2, 0.25) is 0 Å². The Hall–Kier alpha value is -1.29. The summed E-state index contributed by atoms with van der Waals surface area (Å²) in [6.07, 6.45) is 0. The molecule has 1 aromatic rings. The minimum absolute atomic E-state index is 0.219. The predicted octanol–water partition coefficient (Wildman–Crippen LogP) is 1.72. The lowest BCUT2D eigenvalue weighted by Gasteiger charge is -1.96. The summed E-state index contributed by atoms with van der Waals surface area (Å²) in [5.74, 6) is -0.669. The maximum atomic E-state index is 12.5. The number of aliphatic hydroxyl groups is 1.